The van der Waals surface area contributed by atoms with Crippen molar-refractivity contribution in [2.45, 2.75) is 139 Å². The van der Waals surface area contributed by atoms with Crippen molar-refractivity contribution in [2.75, 3.05) is 0 Å². The molecular formula is C31H44O10. The molecule has 2 spiro atoms. The Bertz CT molecular complexity index is 1190. The molecule has 14 unspecified atom stereocenters. The molecule has 3 aliphatic carbocycles. The van der Waals surface area contributed by atoms with E-state index in [2.05, 4.69) is 6.92 Å². The number of aliphatic hydroxyl groups excluding tert-OH is 1. The first-order valence-corrected chi connectivity index (χ1v) is 15.4. The van der Waals surface area contributed by atoms with Gasteiger partial charge >= 0.3 is 17.9 Å². The molecule has 0 aromatic heterocycles. The number of cyclic esters (lactones) is 1. The van der Waals surface area contributed by atoms with Crippen molar-refractivity contribution in [3.05, 3.63) is 0 Å². The molecule has 4 heterocycles. The number of fused-ring (bicyclic) bond motifs is 2. The Hall–Kier alpha value is -1.75. The highest BCUT2D eigenvalue weighted by molar-refractivity contribution is 5.74. The lowest BCUT2D eigenvalue weighted by Crippen LogP contribution is -2.68. The van der Waals surface area contributed by atoms with Gasteiger partial charge < -0.3 is 33.9 Å². The lowest BCUT2D eigenvalue weighted by Gasteiger charge is -2.60. The molecule has 7 rings (SSSR count). The van der Waals surface area contributed by atoms with Gasteiger partial charge in [-0.15, -0.1) is 0 Å². The van der Waals surface area contributed by atoms with Crippen LogP contribution < -0.4 is 0 Å². The van der Waals surface area contributed by atoms with Crippen molar-refractivity contribution in [2.24, 2.45) is 35.0 Å². The summed E-state index contributed by atoms with van der Waals surface area (Å²) in [6.07, 6.45) is -0.320. The Morgan fingerprint density at radius 1 is 1.05 bits per heavy atom. The van der Waals surface area contributed by atoms with Crippen LogP contribution in [0.3, 0.4) is 0 Å². The number of carbonyl (C=O) groups excluding carboxylic acids is 3. The zero-order valence-corrected chi connectivity index (χ0v) is 24.9. The molecule has 3 saturated carbocycles. The van der Waals surface area contributed by atoms with E-state index in [1.807, 2.05) is 27.7 Å². The summed E-state index contributed by atoms with van der Waals surface area (Å²) in [6.45, 7) is 11.3. The van der Waals surface area contributed by atoms with Gasteiger partial charge in [-0.1, -0.05) is 20.8 Å². The number of aliphatic hydroxyl groups is 2. The molecule has 4 aliphatic heterocycles. The van der Waals surface area contributed by atoms with Gasteiger partial charge in [0.25, 0.3) is 0 Å². The third-order valence-corrected chi connectivity index (χ3v) is 12.8. The third kappa shape index (κ3) is 3.42. The van der Waals surface area contributed by atoms with E-state index in [1.165, 1.54) is 6.92 Å². The van der Waals surface area contributed by atoms with Gasteiger partial charge in [0.05, 0.1) is 41.3 Å². The molecule has 7 aliphatic rings. The predicted octanol–water partition coefficient (Wildman–Crippen LogP) is 2.44. The minimum Gasteiger partial charge on any atom is -0.462 e. The topological polar surface area (TPSA) is 138 Å². The van der Waals surface area contributed by atoms with Gasteiger partial charge in [0.1, 0.15) is 23.9 Å². The zero-order chi connectivity index (χ0) is 29.5. The summed E-state index contributed by atoms with van der Waals surface area (Å²) < 4.78 is 31.5. The van der Waals surface area contributed by atoms with Crippen LogP contribution in [0.15, 0.2) is 0 Å². The van der Waals surface area contributed by atoms with E-state index in [4.69, 9.17) is 23.7 Å². The first-order chi connectivity index (χ1) is 19.1. The number of carbonyl (C=O) groups is 3. The number of hydrogen-bond donors (Lipinski definition) is 2. The Kier molecular flexibility index (Phi) is 5.78. The maximum absolute atomic E-state index is 12.8. The lowest BCUT2D eigenvalue weighted by atomic mass is 9.50. The van der Waals surface area contributed by atoms with Crippen LogP contribution in [-0.2, 0) is 38.1 Å². The second kappa shape index (κ2) is 8.45. The van der Waals surface area contributed by atoms with Crippen LogP contribution in [0.25, 0.3) is 0 Å². The molecule has 228 valence electrons. The molecule has 0 aromatic rings. The van der Waals surface area contributed by atoms with Gasteiger partial charge in [-0.2, -0.15) is 0 Å². The van der Waals surface area contributed by atoms with E-state index >= 15 is 0 Å². The van der Waals surface area contributed by atoms with Crippen molar-refractivity contribution in [3.8, 4) is 0 Å². The maximum atomic E-state index is 12.8. The molecule has 0 aromatic carbocycles. The molecule has 41 heavy (non-hydrogen) atoms. The van der Waals surface area contributed by atoms with Crippen molar-refractivity contribution in [3.63, 3.8) is 0 Å². The lowest BCUT2D eigenvalue weighted by molar-refractivity contribution is -0.270. The number of esters is 3. The highest BCUT2D eigenvalue weighted by Gasteiger charge is 2.80. The molecule has 14 atom stereocenters. The largest absolute Gasteiger partial charge is 0.462 e. The first kappa shape index (κ1) is 28.0. The summed E-state index contributed by atoms with van der Waals surface area (Å²) in [6, 6.07) is 0. The number of rotatable bonds is 2. The van der Waals surface area contributed by atoms with E-state index in [1.54, 1.807) is 0 Å². The van der Waals surface area contributed by atoms with Crippen molar-refractivity contribution < 1.29 is 48.3 Å². The molecule has 7 fully saturated rings. The molecule has 2 N–H and O–H groups in total. The third-order valence-electron chi connectivity index (χ3n) is 12.8. The zero-order valence-electron chi connectivity index (χ0n) is 24.9. The normalized spacial score (nSPS) is 56.6. The van der Waals surface area contributed by atoms with Crippen LogP contribution in [0, 0.1) is 35.0 Å². The smallest absolute Gasteiger partial charge is 0.309 e. The minimum absolute atomic E-state index is 0.0178. The molecule has 10 nitrogen and oxygen atoms in total. The standard InChI is InChI=1S/C31H44O10/c1-14-9-18(38-26(14)35)24-15(2)17-10-21(33)28(6)25-19(37-16(3)32)11-20-27(4,5)39-22-12-23(34)40-30(20,22)13-29(25,36)7-8-31(17,28)41-24/h14-15,17-22,24-25,33,36H,7-13H2,1-6H3. The van der Waals surface area contributed by atoms with Gasteiger partial charge in [-0.25, -0.2) is 0 Å². The van der Waals surface area contributed by atoms with E-state index in [0.717, 1.165) is 0 Å². The average molecular weight is 577 g/mol. The van der Waals surface area contributed by atoms with Gasteiger partial charge in [-0.05, 0) is 57.8 Å². The fourth-order valence-electron chi connectivity index (χ4n) is 11.2. The highest BCUT2D eigenvalue weighted by Crippen LogP contribution is 2.73. The Balaban J connectivity index is 1.34. The maximum Gasteiger partial charge on any atom is 0.309 e. The first-order valence-electron chi connectivity index (χ1n) is 15.4. The second-order valence-corrected chi connectivity index (χ2v) is 15.1. The van der Waals surface area contributed by atoms with Crippen LogP contribution in [0.5, 0.6) is 0 Å². The van der Waals surface area contributed by atoms with E-state index in [0.29, 0.717) is 32.1 Å². The molecule has 0 bridgehead atoms. The number of ether oxygens (including phenoxy) is 5. The van der Waals surface area contributed by atoms with Crippen molar-refractivity contribution in [1.29, 1.82) is 0 Å². The Morgan fingerprint density at radius 3 is 2.44 bits per heavy atom. The van der Waals surface area contributed by atoms with Crippen LogP contribution >= 0.6 is 0 Å². The van der Waals surface area contributed by atoms with Gasteiger partial charge in [-0.3, -0.25) is 14.4 Å². The van der Waals surface area contributed by atoms with E-state index in [9.17, 15) is 24.6 Å². The van der Waals surface area contributed by atoms with E-state index < -0.39 is 58.0 Å². The van der Waals surface area contributed by atoms with Crippen molar-refractivity contribution in [1.82, 2.24) is 0 Å². The molecule has 10 heteroatoms. The summed E-state index contributed by atoms with van der Waals surface area (Å²) in [4.78, 5) is 37.6. The molecule has 0 amide bonds. The minimum atomic E-state index is -1.42. The Labute approximate surface area is 240 Å². The number of hydrogen-bond acceptors (Lipinski definition) is 10. The summed E-state index contributed by atoms with van der Waals surface area (Å²) in [5.41, 5.74) is -4.95. The average Bonchev–Trinajstić information content (AvgIpc) is 3.52. The fraction of sp³-hybridized carbons (Fsp3) is 0.903. The van der Waals surface area contributed by atoms with Crippen LogP contribution in [0.1, 0.15) is 86.5 Å². The monoisotopic (exact) mass is 576 g/mol. The molecule has 0 radical (unpaired) electrons. The predicted molar refractivity (Wildman–Crippen MR) is 141 cm³/mol. The quantitative estimate of drug-likeness (QED) is 0.372. The molecular weight excluding hydrogens is 532 g/mol. The fourth-order valence-corrected chi connectivity index (χ4v) is 11.2. The summed E-state index contributed by atoms with van der Waals surface area (Å²) >= 11 is 0. The summed E-state index contributed by atoms with van der Waals surface area (Å²) in [7, 11) is 0. The van der Waals surface area contributed by atoms with Crippen LogP contribution in [-0.4, -0.2) is 81.0 Å². The van der Waals surface area contributed by atoms with Gasteiger partial charge in [0, 0.05) is 30.6 Å². The van der Waals surface area contributed by atoms with Gasteiger partial charge in [0.2, 0.25) is 0 Å². The molecule has 4 saturated heterocycles. The Morgan fingerprint density at radius 2 is 1.78 bits per heavy atom. The van der Waals surface area contributed by atoms with E-state index in [-0.39, 0.29) is 60.7 Å². The summed E-state index contributed by atoms with van der Waals surface area (Å²) in [5.74, 6) is -2.24. The highest BCUT2D eigenvalue weighted by atomic mass is 16.6. The van der Waals surface area contributed by atoms with Crippen LogP contribution in [0.2, 0.25) is 0 Å². The second-order valence-electron chi connectivity index (χ2n) is 15.1. The summed E-state index contributed by atoms with van der Waals surface area (Å²) in [5, 5.41) is 24.7. The van der Waals surface area contributed by atoms with Crippen molar-refractivity contribution >= 4 is 17.9 Å². The van der Waals surface area contributed by atoms with Crippen LogP contribution in [0.4, 0.5) is 0 Å². The van der Waals surface area contributed by atoms with Gasteiger partial charge in [0.15, 0.2) is 0 Å². The SMILES string of the molecule is CC(=O)OC1CC2C(C)(C)OC3CC(=O)OC32CC2(O)CCC34OC(C5CC(C)C(=O)O5)C(C)C3CC(O)C4(C)C12.